The van der Waals surface area contributed by atoms with Crippen molar-refractivity contribution >= 4 is 29.6 Å². The fraction of sp³-hybridized carbons (Fsp3) is 0.394. The van der Waals surface area contributed by atoms with E-state index >= 15 is 0 Å². The van der Waals surface area contributed by atoms with Gasteiger partial charge in [0.05, 0.1) is 22.4 Å². The molecule has 0 radical (unpaired) electrons. The molecule has 2 amide bonds. The predicted molar refractivity (Wildman–Crippen MR) is 174 cm³/mol. The van der Waals surface area contributed by atoms with E-state index in [1.54, 1.807) is 23.9 Å². The molecule has 50 heavy (non-hydrogen) atoms. The molecule has 1 saturated carbocycles. The first-order valence-electron chi connectivity index (χ1n) is 15.6. The predicted octanol–water partition coefficient (Wildman–Crippen LogP) is 6.13. The fourth-order valence-corrected chi connectivity index (χ4v) is 6.34. The van der Waals surface area contributed by atoms with Gasteiger partial charge >= 0.3 is 6.09 Å². The van der Waals surface area contributed by atoms with Crippen LogP contribution in [-0.4, -0.2) is 66.0 Å². The lowest BCUT2D eigenvalue weighted by Gasteiger charge is -2.35. The van der Waals surface area contributed by atoms with E-state index in [1.807, 2.05) is 45.2 Å². The molecule has 0 bridgehead atoms. The molecule has 12 nitrogen and oxygen atoms in total. The number of hydrogen-bond donors (Lipinski definition) is 3. The molecule has 3 heterocycles. The van der Waals surface area contributed by atoms with E-state index in [0.717, 1.165) is 27.2 Å². The maximum absolute atomic E-state index is 14.8. The summed E-state index contributed by atoms with van der Waals surface area (Å²) in [4.78, 5) is 32.2. The molecular weight excluding hydrogens is 682 g/mol. The lowest BCUT2D eigenvalue weighted by atomic mass is 9.75. The zero-order valence-electron chi connectivity index (χ0n) is 27.4. The van der Waals surface area contributed by atoms with Gasteiger partial charge in [0.25, 0.3) is 18.3 Å². The molecule has 17 heteroatoms. The second kappa shape index (κ2) is 12.7. The van der Waals surface area contributed by atoms with Crippen molar-refractivity contribution in [1.29, 1.82) is 5.41 Å². The van der Waals surface area contributed by atoms with Crippen LogP contribution in [0.3, 0.4) is 0 Å². The van der Waals surface area contributed by atoms with Crippen LogP contribution in [0.25, 0.3) is 16.9 Å². The Labute approximate surface area is 289 Å². The molecule has 1 unspecified atom stereocenters. The van der Waals surface area contributed by atoms with Gasteiger partial charge in [-0.05, 0) is 41.2 Å². The SMILES string of the molecule is Cn1ccc(-c2ccc([C@@]3(CC(C)(C)C)NC(=N)N([C@H](COC(=O)NC4CC4(F)F)c4ccc(Cl)c(-n5ncnc5C(F)F)c4)C3=O)cc2)n1. The number of hydrogen-bond acceptors (Lipinski definition) is 7. The van der Waals surface area contributed by atoms with Crippen LogP contribution in [0, 0.1) is 10.8 Å². The molecule has 1 aliphatic carbocycles. The summed E-state index contributed by atoms with van der Waals surface area (Å²) in [5.74, 6) is -4.64. The van der Waals surface area contributed by atoms with Crippen LogP contribution in [0.2, 0.25) is 5.02 Å². The van der Waals surface area contributed by atoms with Crippen molar-refractivity contribution in [2.45, 2.75) is 63.6 Å². The normalized spacial score (nSPS) is 20.6. The Morgan fingerprint density at radius 2 is 1.88 bits per heavy atom. The third-order valence-corrected chi connectivity index (χ3v) is 8.81. The number of halogens is 5. The van der Waals surface area contributed by atoms with Crippen LogP contribution in [0.1, 0.15) is 63.0 Å². The summed E-state index contributed by atoms with van der Waals surface area (Å²) in [7, 11) is 1.80. The number of nitrogens with zero attached hydrogens (tertiary/aromatic N) is 6. The molecular formula is C33H34ClF4N9O3. The Kier molecular flexibility index (Phi) is 8.87. The van der Waals surface area contributed by atoms with Gasteiger partial charge in [-0.2, -0.15) is 10.2 Å². The van der Waals surface area contributed by atoms with Gasteiger partial charge in [0.15, 0.2) is 11.8 Å². The number of alkyl carbamates (subject to hydrolysis) is 1. The average Bonchev–Trinajstić information content (AvgIpc) is 3.45. The van der Waals surface area contributed by atoms with E-state index in [2.05, 4.69) is 25.8 Å². The number of carbonyl (C=O) groups excluding carboxylic acids is 2. The molecule has 4 aromatic rings. The van der Waals surface area contributed by atoms with Gasteiger partial charge in [-0.15, -0.1) is 0 Å². The Bertz CT molecular complexity index is 1940. The van der Waals surface area contributed by atoms with Crippen molar-refractivity contribution < 1.29 is 31.9 Å². The van der Waals surface area contributed by atoms with E-state index in [1.165, 1.54) is 18.2 Å². The molecule has 2 fully saturated rings. The van der Waals surface area contributed by atoms with E-state index in [0.29, 0.717) is 5.56 Å². The van der Waals surface area contributed by atoms with Crippen molar-refractivity contribution in [2.24, 2.45) is 12.5 Å². The highest BCUT2D eigenvalue weighted by Crippen LogP contribution is 2.44. The highest BCUT2D eigenvalue weighted by molar-refractivity contribution is 6.32. The summed E-state index contributed by atoms with van der Waals surface area (Å²) in [6.45, 7) is 5.24. The second-order valence-electron chi connectivity index (χ2n) is 13.6. The highest BCUT2D eigenvalue weighted by atomic mass is 35.5. The van der Waals surface area contributed by atoms with E-state index in [-0.39, 0.29) is 28.7 Å². The quantitative estimate of drug-likeness (QED) is 0.168. The lowest BCUT2D eigenvalue weighted by molar-refractivity contribution is -0.134. The highest BCUT2D eigenvalue weighted by Gasteiger charge is 2.58. The summed E-state index contributed by atoms with van der Waals surface area (Å²) in [6.07, 6.45) is -1.71. The van der Waals surface area contributed by atoms with Gasteiger partial charge in [-0.25, -0.2) is 32.0 Å². The maximum atomic E-state index is 14.8. The zero-order valence-corrected chi connectivity index (χ0v) is 28.2. The van der Waals surface area contributed by atoms with Crippen LogP contribution in [0.15, 0.2) is 61.1 Å². The van der Waals surface area contributed by atoms with Crippen LogP contribution in [-0.2, 0) is 22.1 Å². The van der Waals surface area contributed by atoms with Gasteiger partial charge in [-0.1, -0.05) is 62.7 Å². The van der Waals surface area contributed by atoms with Crippen LogP contribution in [0.4, 0.5) is 22.4 Å². The van der Waals surface area contributed by atoms with Crippen LogP contribution >= 0.6 is 11.6 Å². The number of aryl methyl sites for hydroxylation is 1. The molecule has 3 N–H and O–H groups in total. The van der Waals surface area contributed by atoms with Crippen molar-refractivity contribution in [2.75, 3.05) is 6.61 Å². The molecule has 1 saturated heterocycles. The minimum atomic E-state index is -3.06. The van der Waals surface area contributed by atoms with Crippen LogP contribution < -0.4 is 10.6 Å². The number of carbonyl (C=O) groups is 2. The van der Waals surface area contributed by atoms with Crippen molar-refractivity contribution in [3.8, 4) is 16.9 Å². The average molecular weight is 716 g/mol. The van der Waals surface area contributed by atoms with E-state index in [9.17, 15) is 27.2 Å². The number of ether oxygens (including phenoxy) is 1. The number of benzene rings is 2. The summed E-state index contributed by atoms with van der Waals surface area (Å²) in [6, 6.07) is 10.7. The van der Waals surface area contributed by atoms with Gasteiger partial charge in [0.1, 0.15) is 24.5 Å². The molecule has 2 aromatic heterocycles. The molecule has 2 aliphatic rings. The molecule has 264 valence electrons. The van der Waals surface area contributed by atoms with E-state index < -0.39 is 66.2 Å². The second-order valence-corrected chi connectivity index (χ2v) is 14.0. The first-order chi connectivity index (χ1) is 23.5. The van der Waals surface area contributed by atoms with Gasteiger partial charge in [0.2, 0.25) is 0 Å². The third-order valence-electron chi connectivity index (χ3n) is 8.49. The Balaban J connectivity index is 1.40. The first-order valence-corrected chi connectivity index (χ1v) is 16.0. The maximum Gasteiger partial charge on any atom is 0.407 e. The number of nitrogens with one attached hydrogen (secondary N) is 3. The smallest absolute Gasteiger partial charge is 0.407 e. The van der Waals surface area contributed by atoms with Gasteiger partial charge in [0, 0.05) is 25.2 Å². The molecule has 3 atom stereocenters. The van der Waals surface area contributed by atoms with Crippen molar-refractivity contribution in [3.63, 3.8) is 0 Å². The van der Waals surface area contributed by atoms with Gasteiger partial charge < -0.3 is 15.4 Å². The minimum Gasteiger partial charge on any atom is -0.447 e. The summed E-state index contributed by atoms with van der Waals surface area (Å²) >= 11 is 6.42. The minimum absolute atomic E-state index is 0.0127. The topological polar surface area (TPSA) is 143 Å². The number of guanidine groups is 1. The number of alkyl halides is 4. The first kappa shape index (κ1) is 34.9. The monoisotopic (exact) mass is 715 g/mol. The zero-order chi connectivity index (χ0) is 36.2. The number of aromatic nitrogens is 5. The van der Waals surface area contributed by atoms with E-state index in [4.69, 9.17) is 21.7 Å². The largest absolute Gasteiger partial charge is 0.447 e. The number of amides is 2. The summed E-state index contributed by atoms with van der Waals surface area (Å²) in [5.41, 5.74) is 0.386. The van der Waals surface area contributed by atoms with Gasteiger partial charge in [-0.3, -0.25) is 19.8 Å². The molecule has 0 spiro atoms. The Morgan fingerprint density at radius 1 is 1.18 bits per heavy atom. The Morgan fingerprint density at radius 3 is 2.48 bits per heavy atom. The van der Waals surface area contributed by atoms with Crippen molar-refractivity contribution in [3.05, 3.63) is 83.0 Å². The molecule has 1 aliphatic heterocycles. The standard InChI is InChI=1S/C33H34ClF4N9O3/c1-31(2,3)16-32(20-8-5-18(6-9-20)22-11-12-45(4)44-22)28(48)46(29(39)43-32)24(15-50-30(49)42-25-14-33(25,37)38)19-7-10-21(34)23(13-19)47-27(26(35)36)40-17-41-47/h5-13,17,24-26H,14-16H2,1-4H3,(H2,39,43)(H,42,49)/t24-,25?,32-/m1/s1. The van der Waals surface area contributed by atoms with Crippen molar-refractivity contribution in [1.82, 2.24) is 40.1 Å². The summed E-state index contributed by atoms with van der Waals surface area (Å²) < 4.78 is 62.5. The fourth-order valence-electron chi connectivity index (χ4n) is 6.14. The molecule has 6 rings (SSSR count). The summed E-state index contributed by atoms with van der Waals surface area (Å²) in [5, 5.41) is 22.6. The molecule has 2 aromatic carbocycles. The lowest BCUT2D eigenvalue weighted by Crippen LogP contribution is -2.47. The number of rotatable bonds is 10. The third kappa shape index (κ3) is 6.75. The Hall–Kier alpha value is -4.99. The van der Waals surface area contributed by atoms with Crippen LogP contribution in [0.5, 0.6) is 0 Å².